The van der Waals surface area contributed by atoms with Gasteiger partial charge in [-0.15, -0.1) is 11.6 Å². The molecule has 9 heteroatoms. The summed E-state index contributed by atoms with van der Waals surface area (Å²) in [6, 6.07) is -2.36. The smallest absolute Gasteiger partial charge is 0.326 e. The van der Waals surface area contributed by atoms with E-state index in [1.807, 2.05) is 0 Å². The van der Waals surface area contributed by atoms with Crippen LogP contribution in [0.5, 0.6) is 0 Å². The van der Waals surface area contributed by atoms with Crippen LogP contribution in [-0.2, 0) is 19.2 Å². The minimum absolute atomic E-state index is 0.0402. The highest BCUT2D eigenvalue weighted by Gasteiger charge is 2.27. The summed E-state index contributed by atoms with van der Waals surface area (Å²) < 4.78 is 0. The Morgan fingerprint density at radius 3 is 2.10 bits per heavy atom. The van der Waals surface area contributed by atoms with Crippen molar-refractivity contribution in [3.63, 3.8) is 0 Å². The van der Waals surface area contributed by atoms with E-state index in [0.29, 0.717) is 0 Å². The molecule has 0 heterocycles. The number of nitrogens with one attached hydrogen (secondary N) is 2. The molecule has 0 aromatic rings. The van der Waals surface area contributed by atoms with Gasteiger partial charge in [-0.1, -0.05) is 13.8 Å². The lowest BCUT2D eigenvalue weighted by Gasteiger charge is -2.21. The zero-order valence-corrected chi connectivity index (χ0v) is 12.6. The van der Waals surface area contributed by atoms with Crippen LogP contribution in [-0.4, -0.2) is 46.8 Å². The third kappa shape index (κ3) is 8.13. The predicted molar refractivity (Wildman–Crippen MR) is 75.5 cm³/mol. The summed E-state index contributed by atoms with van der Waals surface area (Å²) in [5, 5.41) is 13.5. The molecule has 0 aliphatic rings. The monoisotopic (exact) mass is 321 g/mol. The molecule has 0 saturated carbocycles. The highest BCUT2D eigenvalue weighted by molar-refractivity contribution is 6.27. The molecule has 0 radical (unpaired) electrons. The number of alkyl halides is 1. The number of carbonyl (C=O) groups is 4. The lowest BCUT2D eigenvalue weighted by atomic mass is 10.0. The SMILES string of the molecule is CC(C)C[C@H](NC(=O)[C@H](CC(N)=O)NC(=O)CCl)C(=O)O. The van der Waals surface area contributed by atoms with Crippen LogP contribution in [0, 0.1) is 5.92 Å². The number of aliphatic carboxylic acids is 1. The molecule has 0 aromatic heterocycles. The van der Waals surface area contributed by atoms with Gasteiger partial charge in [0.1, 0.15) is 18.0 Å². The van der Waals surface area contributed by atoms with Crippen LogP contribution in [0.3, 0.4) is 0 Å². The number of hydrogen-bond donors (Lipinski definition) is 4. The number of hydrogen-bond acceptors (Lipinski definition) is 4. The van der Waals surface area contributed by atoms with Gasteiger partial charge in [0.25, 0.3) is 0 Å². The number of halogens is 1. The first kappa shape index (κ1) is 19.2. The Kier molecular flexibility index (Phi) is 8.37. The Hall–Kier alpha value is -1.83. The van der Waals surface area contributed by atoms with Gasteiger partial charge in [0.15, 0.2) is 0 Å². The van der Waals surface area contributed by atoms with Crippen LogP contribution in [0.4, 0.5) is 0 Å². The third-order valence-electron chi connectivity index (χ3n) is 2.50. The van der Waals surface area contributed by atoms with Crippen LogP contribution >= 0.6 is 11.6 Å². The number of carboxylic acids is 1. The predicted octanol–water partition coefficient (Wildman–Crippen LogP) is -0.799. The van der Waals surface area contributed by atoms with Gasteiger partial charge < -0.3 is 21.5 Å². The zero-order valence-electron chi connectivity index (χ0n) is 11.9. The van der Waals surface area contributed by atoms with E-state index in [2.05, 4.69) is 10.6 Å². The maximum absolute atomic E-state index is 12.0. The van der Waals surface area contributed by atoms with E-state index in [4.69, 9.17) is 22.4 Å². The second-order valence-corrected chi connectivity index (χ2v) is 5.22. The van der Waals surface area contributed by atoms with Crippen molar-refractivity contribution in [2.75, 3.05) is 5.88 Å². The van der Waals surface area contributed by atoms with E-state index in [9.17, 15) is 19.2 Å². The number of carboxylic acid groups (broad SMARTS) is 1. The van der Waals surface area contributed by atoms with Crippen molar-refractivity contribution in [2.24, 2.45) is 11.7 Å². The van der Waals surface area contributed by atoms with E-state index in [-0.39, 0.29) is 12.3 Å². The van der Waals surface area contributed by atoms with Crippen molar-refractivity contribution in [3.05, 3.63) is 0 Å². The molecule has 0 saturated heterocycles. The second-order valence-electron chi connectivity index (χ2n) is 4.95. The van der Waals surface area contributed by atoms with Crippen molar-refractivity contribution in [1.82, 2.24) is 10.6 Å². The van der Waals surface area contributed by atoms with Gasteiger partial charge in [0.05, 0.1) is 6.42 Å². The summed E-state index contributed by atoms with van der Waals surface area (Å²) in [6.45, 7) is 3.61. The van der Waals surface area contributed by atoms with E-state index in [1.54, 1.807) is 13.8 Å². The van der Waals surface area contributed by atoms with E-state index < -0.39 is 48.1 Å². The van der Waals surface area contributed by atoms with Crippen LogP contribution in [0.2, 0.25) is 0 Å². The van der Waals surface area contributed by atoms with E-state index in [1.165, 1.54) is 0 Å². The Morgan fingerprint density at radius 1 is 1.14 bits per heavy atom. The molecule has 0 bridgehead atoms. The van der Waals surface area contributed by atoms with Crippen LogP contribution in [0.15, 0.2) is 0 Å². The molecule has 0 aliphatic carbocycles. The van der Waals surface area contributed by atoms with Gasteiger partial charge >= 0.3 is 5.97 Å². The summed E-state index contributed by atoms with van der Waals surface area (Å²) >= 11 is 5.31. The first-order valence-electron chi connectivity index (χ1n) is 6.34. The number of amides is 3. The maximum Gasteiger partial charge on any atom is 0.326 e. The summed E-state index contributed by atoms with van der Waals surface area (Å²) in [5.74, 6) is -3.80. The molecule has 0 aromatic carbocycles. The first-order chi connectivity index (χ1) is 9.67. The van der Waals surface area contributed by atoms with Gasteiger partial charge in [0.2, 0.25) is 17.7 Å². The fourth-order valence-corrected chi connectivity index (χ4v) is 1.69. The number of primary amides is 1. The van der Waals surface area contributed by atoms with E-state index >= 15 is 0 Å². The third-order valence-corrected chi connectivity index (χ3v) is 2.74. The quantitative estimate of drug-likeness (QED) is 0.412. The lowest BCUT2D eigenvalue weighted by molar-refractivity contribution is -0.142. The molecule has 0 rings (SSSR count). The average Bonchev–Trinajstić information content (AvgIpc) is 2.35. The van der Waals surface area contributed by atoms with Crippen molar-refractivity contribution in [3.8, 4) is 0 Å². The molecule has 21 heavy (non-hydrogen) atoms. The van der Waals surface area contributed by atoms with Crippen LogP contribution < -0.4 is 16.4 Å². The normalized spacial score (nSPS) is 13.3. The second kappa shape index (κ2) is 9.17. The molecule has 0 aliphatic heterocycles. The Labute approximate surface area is 127 Å². The van der Waals surface area contributed by atoms with Crippen LogP contribution in [0.25, 0.3) is 0 Å². The molecule has 2 atom stereocenters. The maximum atomic E-state index is 12.0. The Balaban J connectivity index is 4.87. The standard InChI is InChI=1S/C12H20ClN3O5/c1-6(2)3-8(12(20)21)16-11(19)7(4-9(14)17)15-10(18)5-13/h6-8H,3-5H2,1-2H3,(H2,14,17)(H,15,18)(H,16,19)(H,20,21)/t7-,8-/m0/s1. The molecule has 3 amide bonds. The molecular formula is C12H20ClN3O5. The van der Waals surface area contributed by atoms with Gasteiger partial charge in [-0.25, -0.2) is 4.79 Å². The fourth-order valence-electron chi connectivity index (χ4n) is 1.61. The molecule has 0 spiro atoms. The molecule has 0 fully saturated rings. The summed E-state index contributed by atoms with van der Waals surface area (Å²) in [7, 11) is 0. The number of carbonyl (C=O) groups excluding carboxylic acids is 3. The molecule has 120 valence electrons. The topological polar surface area (TPSA) is 139 Å². The zero-order chi connectivity index (χ0) is 16.6. The molecule has 8 nitrogen and oxygen atoms in total. The molecule has 5 N–H and O–H groups in total. The van der Waals surface area contributed by atoms with Gasteiger partial charge in [0, 0.05) is 0 Å². The largest absolute Gasteiger partial charge is 0.480 e. The summed E-state index contributed by atoms with van der Waals surface area (Å²) in [4.78, 5) is 45.2. The molecule has 0 unspecified atom stereocenters. The van der Waals surface area contributed by atoms with Gasteiger partial charge in [-0.3, -0.25) is 14.4 Å². The van der Waals surface area contributed by atoms with Gasteiger partial charge in [-0.2, -0.15) is 0 Å². The Morgan fingerprint density at radius 2 is 1.71 bits per heavy atom. The number of rotatable bonds is 9. The minimum Gasteiger partial charge on any atom is -0.480 e. The molecular weight excluding hydrogens is 302 g/mol. The lowest BCUT2D eigenvalue weighted by Crippen LogP contribution is -2.53. The fraction of sp³-hybridized carbons (Fsp3) is 0.667. The Bertz CT molecular complexity index is 414. The summed E-state index contributed by atoms with van der Waals surface area (Å²) in [6.07, 6.45) is -0.226. The van der Waals surface area contributed by atoms with Crippen molar-refractivity contribution in [2.45, 2.75) is 38.8 Å². The average molecular weight is 322 g/mol. The van der Waals surface area contributed by atoms with Crippen LogP contribution in [0.1, 0.15) is 26.7 Å². The first-order valence-corrected chi connectivity index (χ1v) is 6.87. The van der Waals surface area contributed by atoms with Crippen molar-refractivity contribution in [1.29, 1.82) is 0 Å². The number of nitrogens with two attached hydrogens (primary N) is 1. The summed E-state index contributed by atoms with van der Waals surface area (Å²) in [5.41, 5.74) is 5.00. The highest BCUT2D eigenvalue weighted by Crippen LogP contribution is 2.06. The van der Waals surface area contributed by atoms with Crippen molar-refractivity contribution < 1.29 is 24.3 Å². The minimum atomic E-state index is -1.25. The van der Waals surface area contributed by atoms with E-state index in [0.717, 1.165) is 0 Å². The highest BCUT2D eigenvalue weighted by atomic mass is 35.5. The van der Waals surface area contributed by atoms with Crippen molar-refractivity contribution >= 4 is 35.3 Å². The van der Waals surface area contributed by atoms with Gasteiger partial charge in [-0.05, 0) is 12.3 Å².